The molecular weight excluding hydrogens is 232 g/mol. The summed E-state index contributed by atoms with van der Waals surface area (Å²) in [5, 5.41) is 0.841. The predicted octanol–water partition coefficient (Wildman–Crippen LogP) is 5.49. The summed E-state index contributed by atoms with van der Waals surface area (Å²) in [6.45, 7) is 9.65. The number of rotatable bonds is 5. The molecule has 0 nitrogen and oxygen atoms in total. The number of hydrogen-bond donors (Lipinski definition) is 0. The smallest absolute Gasteiger partial charge is 0.0521 e. The van der Waals surface area contributed by atoms with Crippen molar-refractivity contribution in [3.63, 3.8) is 0 Å². The zero-order valence-electron chi connectivity index (χ0n) is 10.9. The number of benzene rings is 1. The topological polar surface area (TPSA) is 0 Å². The van der Waals surface area contributed by atoms with Gasteiger partial charge in [-0.1, -0.05) is 63.1 Å². The third-order valence-electron chi connectivity index (χ3n) is 3.16. The molecule has 16 heavy (non-hydrogen) atoms. The van der Waals surface area contributed by atoms with Gasteiger partial charge in [0.2, 0.25) is 0 Å². The van der Waals surface area contributed by atoms with Gasteiger partial charge in [-0.05, 0) is 29.7 Å². The average Bonchev–Trinajstić information content (AvgIpc) is 2.19. The minimum atomic E-state index is -1.13. The molecule has 0 spiro atoms. The lowest BCUT2D eigenvalue weighted by atomic mass is 10.1. The lowest BCUT2D eigenvalue weighted by molar-refractivity contribution is 0.685. The van der Waals surface area contributed by atoms with Gasteiger partial charge in [0.1, 0.15) is 0 Å². The SMILES string of the molecule is CCCCC(c1ccc(Cl)cc1)[Si](C)(C)C. The van der Waals surface area contributed by atoms with Crippen LogP contribution in [0.2, 0.25) is 24.7 Å². The van der Waals surface area contributed by atoms with Crippen molar-refractivity contribution < 1.29 is 0 Å². The van der Waals surface area contributed by atoms with Crippen molar-refractivity contribution in [3.8, 4) is 0 Å². The Kier molecular flexibility index (Phi) is 5.07. The minimum absolute atomic E-state index is 0.768. The maximum absolute atomic E-state index is 5.95. The van der Waals surface area contributed by atoms with Crippen LogP contribution in [0.5, 0.6) is 0 Å². The molecule has 0 saturated carbocycles. The molecule has 0 heterocycles. The molecule has 0 bridgehead atoms. The van der Waals surface area contributed by atoms with Crippen LogP contribution >= 0.6 is 11.6 Å². The Morgan fingerprint density at radius 2 is 1.69 bits per heavy atom. The van der Waals surface area contributed by atoms with Gasteiger partial charge in [0.15, 0.2) is 0 Å². The number of halogens is 1. The van der Waals surface area contributed by atoms with E-state index in [2.05, 4.69) is 38.7 Å². The van der Waals surface area contributed by atoms with Crippen molar-refractivity contribution in [3.05, 3.63) is 34.9 Å². The van der Waals surface area contributed by atoms with Gasteiger partial charge in [0.05, 0.1) is 8.07 Å². The normalized spacial score (nSPS) is 13.8. The zero-order chi connectivity index (χ0) is 12.2. The fraction of sp³-hybridized carbons (Fsp3) is 0.571. The van der Waals surface area contributed by atoms with Gasteiger partial charge in [-0.25, -0.2) is 0 Å². The minimum Gasteiger partial charge on any atom is -0.0843 e. The van der Waals surface area contributed by atoms with Crippen LogP contribution in [-0.4, -0.2) is 8.07 Å². The van der Waals surface area contributed by atoms with E-state index in [1.54, 1.807) is 0 Å². The maximum Gasteiger partial charge on any atom is 0.0521 e. The van der Waals surface area contributed by atoms with Crippen molar-refractivity contribution >= 4 is 19.7 Å². The molecule has 0 amide bonds. The summed E-state index contributed by atoms with van der Waals surface area (Å²) >= 11 is 5.95. The highest BCUT2D eigenvalue weighted by molar-refractivity contribution is 6.77. The summed E-state index contributed by atoms with van der Waals surface area (Å²) in [5.74, 6) is 0. The molecule has 0 aliphatic rings. The monoisotopic (exact) mass is 254 g/mol. The summed E-state index contributed by atoms with van der Waals surface area (Å²) in [6, 6.07) is 8.47. The molecular formula is C14H23ClSi. The Morgan fingerprint density at radius 1 is 1.12 bits per heavy atom. The first-order chi connectivity index (χ1) is 7.45. The molecule has 0 saturated heterocycles. The molecule has 1 aromatic rings. The Hall–Kier alpha value is -0.273. The van der Waals surface area contributed by atoms with Crippen LogP contribution in [-0.2, 0) is 0 Å². The van der Waals surface area contributed by atoms with E-state index < -0.39 is 8.07 Å². The summed E-state index contributed by atoms with van der Waals surface area (Å²) < 4.78 is 0. The van der Waals surface area contributed by atoms with E-state index in [0.29, 0.717) is 0 Å². The Morgan fingerprint density at radius 3 is 2.12 bits per heavy atom. The third-order valence-corrected chi connectivity index (χ3v) is 6.13. The molecule has 1 rings (SSSR count). The molecule has 0 fully saturated rings. The number of unbranched alkanes of at least 4 members (excludes halogenated alkanes) is 1. The second kappa shape index (κ2) is 5.88. The quantitative estimate of drug-likeness (QED) is 0.610. The van der Waals surface area contributed by atoms with Crippen LogP contribution in [0.1, 0.15) is 37.3 Å². The van der Waals surface area contributed by atoms with Crippen LogP contribution in [0.15, 0.2) is 24.3 Å². The van der Waals surface area contributed by atoms with Gasteiger partial charge in [-0.2, -0.15) is 0 Å². The highest BCUT2D eigenvalue weighted by Gasteiger charge is 2.27. The van der Waals surface area contributed by atoms with Crippen LogP contribution in [0.3, 0.4) is 0 Å². The van der Waals surface area contributed by atoms with E-state index in [9.17, 15) is 0 Å². The largest absolute Gasteiger partial charge is 0.0843 e. The van der Waals surface area contributed by atoms with E-state index in [0.717, 1.165) is 10.6 Å². The molecule has 1 atom stereocenters. The fourth-order valence-corrected chi connectivity index (χ4v) is 4.59. The van der Waals surface area contributed by atoms with Crippen LogP contribution in [0.25, 0.3) is 0 Å². The zero-order valence-corrected chi connectivity index (χ0v) is 12.6. The van der Waals surface area contributed by atoms with Crippen LogP contribution in [0, 0.1) is 0 Å². The summed E-state index contributed by atoms with van der Waals surface area (Å²) in [6.07, 6.45) is 3.94. The van der Waals surface area contributed by atoms with Crippen molar-refractivity contribution in [2.24, 2.45) is 0 Å². The molecule has 0 radical (unpaired) electrons. The van der Waals surface area contributed by atoms with E-state index >= 15 is 0 Å². The first-order valence-electron chi connectivity index (χ1n) is 6.20. The van der Waals surface area contributed by atoms with Crippen molar-refractivity contribution in [1.29, 1.82) is 0 Å². The average molecular weight is 255 g/mol. The highest BCUT2D eigenvalue weighted by atomic mass is 35.5. The lowest BCUT2D eigenvalue weighted by Gasteiger charge is -2.29. The van der Waals surface area contributed by atoms with E-state index in [4.69, 9.17) is 11.6 Å². The van der Waals surface area contributed by atoms with Gasteiger partial charge in [-0.15, -0.1) is 0 Å². The fourth-order valence-electron chi connectivity index (χ4n) is 2.20. The van der Waals surface area contributed by atoms with Crippen molar-refractivity contribution in [1.82, 2.24) is 0 Å². The molecule has 90 valence electrons. The summed E-state index contributed by atoms with van der Waals surface area (Å²) in [4.78, 5) is 0. The van der Waals surface area contributed by atoms with Gasteiger partial charge in [0.25, 0.3) is 0 Å². The Balaban J connectivity index is 2.88. The van der Waals surface area contributed by atoms with Crippen LogP contribution < -0.4 is 0 Å². The van der Waals surface area contributed by atoms with Gasteiger partial charge in [0, 0.05) is 5.02 Å². The van der Waals surface area contributed by atoms with Gasteiger partial charge in [-0.3, -0.25) is 0 Å². The van der Waals surface area contributed by atoms with Crippen molar-refractivity contribution in [2.75, 3.05) is 0 Å². The standard InChI is InChI=1S/C14H23ClSi/c1-5-6-7-14(16(2,3)4)12-8-10-13(15)11-9-12/h8-11,14H,5-7H2,1-4H3. The van der Waals surface area contributed by atoms with E-state index in [1.165, 1.54) is 24.8 Å². The van der Waals surface area contributed by atoms with Gasteiger partial charge >= 0.3 is 0 Å². The Bertz CT molecular complexity index is 311. The van der Waals surface area contributed by atoms with E-state index in [-0.39, 0.29) is 0 Å². The molecule has 0 aromatic heterocycles. The molecule has 1 unspecified atom stereocenters. The molecule has 2 heteroatoms. The molecule has 1 aromatic carbocycles. The predicted molar refractivity (Wildman–Crippen MR) is 77.1 cm³/mol. The molecule has 0 aliphatic carbocycles. The lowest BCUT2D eigenvalue weighted by Crippen LogP contribution is -2.31. The molecule has 0 aliphatic heterocycles. The molecule has 0 N–H and O–H groups in total. The first-order valence-corrected chi connectivity index (χ1v) is 10.2. The highest BCUT2D eigenvalue weighted by Crippen LogP contribution is 2.32. The van der Waals surface area contributed by atoms with Gasteiger partial charge < -0.3 is 0 Å². The van der Waals surface area contributed by atoms with Crippen LogP contribution in [0.4, 0.5) is 0 Å². The second-order valence-electron chi connectivity index (χ2n) is 5.61. The van der Waals surface area contributed by atoms with E-state index in [1.807, 2.05) is 12.1 Å². The number of hydrogen-bond acceptors (Lipinski definition) is 0. The second-order valence-corrected chi connectivity index (χ2v) is 11.5. The van der Waals surface area contributed by atoms with Crippen molar-refractivity contribution in [2.45, 2.75) is 51.4 Å². The summed E-state index contributed by atoms with van der Waals surface area (Å²) in [7, 11) is -1.13. The summed E-state index contributed by atoms with van der Waals surface area (Å²) in [5.41, 5.74) is 2.25. The third kappa shape index (κ3) is 3.95. The first kappa shape index (κ1) is 13.8. The maximum atomic E-state index is 5.95. The Labute approximate surface area is 106 Å².